The predicted octanol–water partition coefficient (Wildman–Crippen LogP) is 2.79. The van der Waals surface area contributed by atoms with Gasteiger partial charge in [0.15, 0.2) is 0 Å². The van der Waals surface area contributed by atoms with Gasteiger partial charge in [0.2, 0.25) is 0 Å². The fourth-order valence-electron chi connectivity index (χ4n) is 3.05. The molecule has 2 aliphatic rings. The second kappa shape index (κ2) is 4.94. The summed E-state index contributed by atoms with van der Waals surface area (Å²) in [5.41, 5.74) is 5.60. The minimum absolute atomic E-state index is 0.279. The quantitative estimate of drug-likeness (QED) is 0.860. The van der Waals surface area contributed by atoms with E-state index in [1.807, 2.05) is 19.2 Å². The molecule has 1 unspecified atom stereocenters. The second-order valence-electron chi connectivity index (χ2n) is 5.67. The highest BCUT2D eigenvalue weighted by atomic mass is 19.4. The maximum atomic E-state index is 13.1. The maximum absolute atomic E-state index is 13.1. The minimum atomic E-state index is -4.30. The summed E-state index contributed by atoms with van der Waals surface area (Å²) in [5, 5.41) is 1.37. The van der Waals surface area contributed by atoms with Crippen LogP contribution < -0.4 is 10.3 Å². The van der Waals surface area contributed by atoms with Crippen molar-refractivity contribution < 1.29 is 13.2 Å². The third-order valence-electron chi connectivity index (χ3n) is 4.07. The molecule has 0 aliphatic carbocycles. The third-order valence-corrected chi connectivity index (χ3v) is 4.07. The van der Waals surface area contributed by atoms with Crippen LogP contribution in [0.3, 0.4) is 0 Å². The van der Waals surface area contributed by atoms with E-state index in [1.54, 1.807) is 13.1 Å². The van der Waals surface area contributed by atoms with E-state index >= 15 is 0 Å². The molecule has 114 valence electrons. The Hall–Kier alpha value is -1.69. The average molecular weight is 297 g/mol. The fraction of sp³-hybridized carbons (Fsp3) is 0.467. The number of benzene rings is 1. The van der Waals surface area contributed by atoms with Crippen LogP contribution in [0, 0.1) is 0 Å². The molecule has 0 aromatic heterocycles. The lowest BCUT2D eigenvalue weighted by Crippen LogP contribution is -2.43. The van der Waals surface area contributed by atoms with Crippen LogP contribution in [0.1, 0.15) is 17.5 Å². The number of nitrogens with zero attached hydrogens (tertiary/aromatic N) is 2. The molecule has 1 aromatic carbocycles. The lowest BCUT2D eigenvalue weighted by atomic mass is 9.94. The Morgan fingerprint density at radius 1 is 1.24 bits per heavy atom. The van der Waals surface area contributed by atoms with Gasteiger partial charge in [-0.05, 0) is 36.1 Å². The van der Waals surface area contributed by atoms with Gasteiger partial charge in [0.05, 0.1) is 0 Å². The molecule has 1 N–H and O–H groups in total. The van der Waals surface area contributed by atoms with E-state index in [2.05, 4.69) is 10.3 Å². The molecule has 3 nitrogen and oxygen atoms in total. The summed E-state index contributed by atoms with van der Waals surface area (Å²) in [6.07, 6.45) is -0.830. The van der Waals surface area contributed by atoms with Crippen molar-refractivity contribution in [2.45, 2.75) is 25.1 Å². The van der Waals surface area contributed by atoms with Gasteiger partial charge in [0, 0.05) is 38.1 Å². The van der Waals surface area contributed by atoms with E-state index in [0.29, 0.717) is 5.56 Å². The van der Waals surface area contributed by atoms with Crippen molar-refractivity contribution in [2.75, 3.05) is 25.5 Å². The number of nitrogens with one attached hydrogen (secondary N) is 1. The van der Waals surface area contributed by atoms with Gasteiger partial charge in [0.1, 0.15) is 6.04 Å². The van der Waals surface area contributed by atoms with E-state index in [4.69, 9.17) is 0 Å². The van der Waals surface area contributed by atoms with Gasteiger partial charge in [0.25, 0.3) is 0 Å². The average Bonchev–Trinajstić information content (AvgIpc) is 2.81. The van der Waals surface area contributed by atoms with Crippen LogP contribution >= 0.6 is 0 Å². The zero-order valence-electron chi connectivity index (χ0n) is 12.0. The molecule has 3 rings (SSSR count). The van der Waals surface area contributed by atoms with E-state index in [-0.39, 0.29) is 5.57 Å². The summed E-state index contributed by atoms with van der Waals surface area (Å²) in [4.78, 5) is 2.15. The van der Waals surface area contributed by atoms with Crippen LogP contribution in [0.5, 0.6) is 0 Å². The van der Waals surface area contributed by atoms with Crippen LogP contribution in [0.15, 0.2) is 24.4 Å². The topological polar surface area (TPSA) is 18.5 Å². The van der Waals surface area contributed by atoms with E-state index < -0.39 is 12.2 Å². The first-order chi connectivity index (χ1) is 9.86. The molecule has 2 heterocycles. The van der Waals surface area contributed by atoms with Gasteiger partial charge in [-0.15, -0.1) is 0 Å². The van der Waals surface area contributed by atoms with Gasteiger partial charge in [-0.1, -0.05) is 6.07 Å². The molecule has 0 bridgehead atoms. The molecule has 0 fully saturated rings. The minimum Gasteiger partial charge on any atom is -0.374 e. The Kier molecular flexibility index (Phi) is 3.36. The lowest BCUT2D eigenvalue weighted by Gasteiger charge is -2.28. The summed E-state index contributed by atoms with van der Waals surface area (Å²) >= 11 is 0. The molecule has 0 saturated heterocycles. The zero-order chi connectivity index (χ0) is 15.2. The normalized spacial score (nSPS) is 22.3. The molecular weight excluding hydrogens is 279 g/mol. The van der Waals surface area contributed by atoms with Crippen LogP contribution in [0.25, 0.3) is 5.57 Å². The van der Waals surface area contributed by atoms with Crippen molar-refractivity contribution in [3.63, 3.8) is 0 Å². The van der Waals surface area contributed by atoms with Gasteiger partial charge >= 0.3 is 6.18 Å². The maximum Gasteiger partial charge on any atom is 0.409 e. The number of anilines is 1. The summed E-state index contributed by atoms with van der Waals surface area (Å²) in [7, 11) is 3.60. The number of hydrogen-bond acceptors (Lipinski definition) is 3. The fourth-order valence-corrected chi connectivity index (χ4v) is 3.05. The number of rotatable bonds is 1. The molecule has 0 radical (unpaired) electrons. The highest BCUT2D eigenvalue weighted by Crippen LogP contribution is 2.36. The number of halogens is 3. The Bertz CT molecular complexity index is 580. The highest BCUT2D eigenvalue weighted by molar-refractivity contribution is 5.74. The molecule has 0 amide bonds. The Morgan fingerprint density at radius 3 is 2.71 bits per heavy atom. The van der Waals surface area contributed by atoms with Crippen molar-refractivity contribution in [1.82, 2.24) is 10.4 Å². The molecule has 21 heavy (non-hydrogen) atoms. The standard InChI is InChI=1S/C15H18F3N3/c1-20-7-3-4-11-8-10(5-6-13(11)20)12-9-21(2)19-14(12)15(16,17)18/h5-6,8-9,14,19H,3-4,7H2,1-2H3. The SMILES string of the molecule is CN1C=C(c2ccc3c(c2)CCCN3C)C(C(F)(F)F)N1. The van der Waals surface area contributed by atoms with Crippen molar-refractivity contribution in [2.24, 2.45) is 0 Å². The molecule has 0 spiro atoms. The van der Waals surface area contributed by atoms with Gasteiger partial charge < -0.3 is 9.91 Å². The molecule has 1 aromatic rings. The van der Waals surface area contributed by atoms with Crippen molar-refractivity contribution in [3.8, 4) is 0 Å². The number of aryl methyl sites for hydroxylation is 1. The van der Waals surface area contributed by atoms with Crippen molar-refractivity contribution in [3.05, 3.63) is 35.5 Å². The molecule has 1 atom stereocenters. The van der Waals surface area contributed by atoms with Gasteiger partial charge in [-0.25, -0.2) is 5.43 Å². The Morgan fingerprint density at radius 2 is 2.00 bits per heavy atom. The molecule has 0 saturated carbocycles. The largest absolute Gasteiger partial charge is 0.409 e. The summed E-state index contributed by atoms with van der Waals surface area (Å²) < 4.78 is 39.4. The molecule has 2 aliphatic heterocycles. The Balaban J connectivity index is 1.98. The zero-order valence-corrected chi connectivity index (χ0v) is 12.0. The first-order valence-electron chi connectivity index (χ1n) is 6.98. The molecular formula is C15H18F3N3. The van der Waals surface area contributed by atoms with Gasteiger partial charge in [-0.2, -0.15) is 13.2 Å². The van der Waals surface area contributed by atoms with Crippen LogP contribution in [0.2, 0.25) is 0 Å². The monoisotopic (exact) mass is 297 g/mol. The molecule has 6 heteroatoms. The first kappa shape index (κ1) is 14.3. The number of hydrazine groups is 1. The van der Waals surface area contributed by atoms with Crippen molar-refractivity contribution >= 4 is 11.3 Å². The third kappa shape index (κ3) is 2.60. The summed E-state index contributed by atoms with van der Waals surface area (Å²) in [6, 6.07) is 3.97. The van der Waals surface area contributed by atoms with Crippen LogP contribution in [0.4, 0.5) is 18.9 Å². The smallest absolute Gasteiger partial charge is 0.374 e. The van der Waals surface area contributed by atoms with Crippen molar-refractivity contribution in [1.29, 1.82) is 0 Å². The van der Waals surface area contributed by atoms with Gasteiger partial charge in [-0.3, -0.25) is 0 Å². The number of alkyl halides is 3. The first-order valence-corrected chi connectivity index (χ1v) is 6.98. The predicted molar refractivity (Wildman–Crippen MR) is 76.8 cm³/mol. The number of fused-ring (bicyclic) bond motifs is 1. The van der Waals surface area contributed by atoms with E-state index in [1.165, 1.54) is 11.2 Å². The van der Waals surface area contributed by atoms with Crippen LogP contribution in [-0.4, -0.2) is 37.9 Å². The van der Waals surface area contributed by atoms with Crippen LogP contribution in [-0.2, 0) is 6.42 Å². The lowest BCUT2D eigenvalue weighted by molar-refractivity contribution is -0.146. The summed E-state index contributed by atoms with van der Waals surface area (Å²) in [6.45, 7) is 0.991. The van der Waals surface area contributed by atoms with E-state index in [0.717, 1.165) is 30.6 Å². The second-order valence-corrected chi connectivity index (χ2v) is 5.67. The van der Waals surface area contributed by atoms with E-state index in [9.17, 15) is 13.2 Å². The number of hydrogen-bond donors (Lipinski definition) is 1. The summed E-state index contributed by atoms with van der Waals surface area (Å²) in [5.74, 6) is 0. The highest BCUT2D eigenvalue weighted by Gasteiger charge is 2.45. The Labute approximate surface area is 122 Å².